The fourth-order valence-electron chi connectivity index (χ4n) is 0.0514. The number of rotatable bonds is 1. The average molecular weight is 115 g/mol. The van der Waals surface area contributed by atoms with E-state index in [1.54, 1.807) is 12.2 Å². The Morgan fingerprint density at radius 2 is 2.00 bits per heavy atom. The smallest absolute Gasteiger partial charge is 0.0990 e. The summed E-state index contributed by atoms with van der Waals surface area (Å²) < 4.78 is 0. The van der Waals surface area contributed by atoms with Gasteiger partial charge in [-0.15, -0.1) is 0 Å². The second-order valence-corrected chi connectivity index (χ2v) is 0.806. The van der Waals surface area contributed by atoms with Crippen molar-refractivity contribution in [1.82, 2.24) is 0 Å². The van der Waals surface area contributed by atoms with E-state index in [4.69, 9.17) is 11.6 Å². The summed E-state index contributed by atoms with van der Waals surface area (Å²) in [5, 5.41) is 0. The number of hydrogen-bond acceptors (Lipinski definition) is 0. The highest BCUT2D eigenvalue weighted by Crippen LogP contribution is 1.74. The summed E-state index contributed by atoms with van der Waals surface area (Å²) in [7, 11) is 0. The van der Waals surface area contributed by atoms with Crippen LogP contribution in [0.2, 0.25) is 0 Å². The zero-order chi connectivity index (χ0) is 4.12. The van der Waals surface area contributed by atoms with Crippen LogP contribution >= 0.6 is 11.6 Å². The molecule has 0 aliphatic rings. The van der Waals surface area contributed by atoms with Crippen LogP contribution in [-0.2, 0) is 0 Å². The molecule has 0 rings (SSSR count). The number of allylic oxidation sites excluding steroid dienone is 2. The molecule has 0 amide bonds. The second kappa shape index (κ2) is 9.11. The Bertz CT molecular complexity index is 49.5. The van der Waals surface area contributed by atoms with Crippen LogP contribution in [0.4, 0.5) is 0 Å². The minimum Gasteiger partial charge on any atom is -0.0990 e. The predicted molar refractivity (Wildman–Crippen MR) is 33.7 cm³/mol. The van der Waals surface area contributed by atoms with Gasteiger partial charge in [0.2, 0.25) is 0 Å². The van der Waals surface area contributed by atoms with E-state index in [-0.39, 0.29) is 23.1 Å². The number of halogens is 1. The zero-order valence-electron chi connectivity index (χ0n) is 2.82. The van der Waals surface area contributed by atoms with Gasteiger partial charge in [-0.25, -0.2) is 0 Å². The van der Waals surface area contributed by atoms with Gasteiger partial charge in [-0.3, -0.25) is 0 Å². The normalized spacial score (nSPS) is 7.50. The SMILES string of the molecule is C=CC=CCl.[MgH2]. The van der Waals surface area contributed by atoms with Gasteiger partial charge in [-0.1, -0.05) is 30.3 Å². The summed E-state index contributed by atoms with van der Waals surface area (Å²) in [4.78, 5) is 0. The molecule has 0 fully saturated rings. The highest BCUT2D eigenvalue weighted by atomic mass is 35.5. The maximum absolute atomic E-state index is 5.05. The van der Waals surface area contributed by atoms with Gasteiger partial charge >= 0.3 is 23.1 Å². The molecule has 2 heteroatoms. The Labute approximate surface area is 59.0 Å². The van der Waals surface area contributed by atoms with Crippen LogP contribution in [0.1, 0.15) is 0 Å². The van der Waals surface area contributed by atoms with Gasteiger partial charge in [-0.05, 0) is 0 Å². The fourth-order valence-corrected chi connectivity index (χ4v) is 0.154. The van der Waals surface area contributed by atoms with E-state index in [0.29, 0.717) is 0 Å². The lowest BCUT2D eigenvalue weighted by Crippen LogP contribution is -1.29. The third-order valence-electron chi connectivity index (χ3n) is 0.209. The Kier molecular flexibility index (Phi) is 14.8. The highest BCUT2D eigenvalue weighted by Gasteiger charge is 1.44. The van der Waals surface area contributed by atoms with Crippen molar-refractivity contribution >= 4 is 34.7 Å². The molecule has 0 aromatic heterocycles. The quantitative estimate of drug-likeness (QED) is 0.353. The summed E-state index contributed by atoms with van der Waals surface area (Å²) in [5.74, 6) is 0. The van der Waals surface area contributed by atoms with Crippen molar-refractivity contribution < 1.29 is 0 Å². The largest absolute Gasteiger partial charge is 0.316 e. The molecule has 0 aliphatic carbocycles. The van der Waals surface area contributed by atoms with Crippen molar-refractivity contribution in [2.24, 2.45) is 0 Å². The first-order valence-electron chi connectivity index (χ1n) is 1.29. The maximum atomic E-state index is 5.05. The third kappa shape index (κ3) is 8.82. The molecule has 0 bridgehead atoms. The molecular weight excluding hydrogens is 108 g/mol. The summed E-state index contributed by atoms with van der Waals surface area (Å²) in [6, 6.07) is 0. The zero-order valence-corrected chi connectivity index (χ0v) is 3.57. The van der Waals surface area contributed by atoms with E-state index in [2.05, 4.69) is 6.58 Å². The molecule has 0 unspecified atom stereocenters. The molecular formula is C4H7ClMg. The Morgan fingerprint density at radius 3 is 2.00 bits per heavy atom. The van der Waals surface area contributed by atoms with Gasteiger partial charge in [-0.2, -0.15) is 0 Å². The first-order valence-corrected chi connectivity index (χ1v) is 1.73. The van der Waals surface area contributed by atoms with Crippen LogP contribution in [-0.4, -0.2) is 23.1 Å². The molecule has 6 heavy (non-hydrogen) atoms. The molecule has 0 atom stereocenters. The summed E-state index contributed by atoms with van der Waals surface area (Å²) in [5.41, 5.74) is 1.41. The molecule has 0 N–H and O–H groups in total. The van der Waals surface area contributed by atoms with E-state index < -0.39 is 0 Å². The van der Waals surface area contributed by atoms with Crippen LogP contribution < -0.4 is 0 Å². The molecule has 0 heterocycles. The lowest BCUT2D eigenvalue weighted by atomic mass is 10.6. The van der Waals surface area contributed by atoms with E-state index in [1.807, 2.05) is 0 Å². The Hall–Kier alpha value is 0.536. The van der Waals surface area contributed by atoms with Crippen molar-refractivity contribution in [3.05, 3.63) is 24.3 Å². The van der Waals surface area contributed by atoms with Gasteiger partial charge in [0, 0.05) is 5.54 Å². The van der Waals surface area contributed by atoms with Crippen molar-refractivity contribution in [2.45, 2.75) is 0 Å². The lowest BCUT2D eigenvalue weighted by Gasteiger charge is -1.53. The van der Waals surface area contributed by atoms with Gasteiger partial charge < -0.3 is 0 Å². The molecule has 0 saturated carbocycles. The predicted octanol–water partition coefficient (Wildman–Crippen LogP) is 1.01. The molecule has 0 aromatic rings. The van der Waals surface area contributed by atoms with E-state index in [1.165, 1.54) is 5.54 Å². The minimum atomic E-state index is 0. The van der Waals surface area contributed by atoms with Crippen molar-refractivity contribution in [2.75, 3.05) is 0 Å². The molecule has 0 spiro atoms. The van der Waals surface area contributed by atoms with Crippen LogP contribution in [0.5, 0.6) is 0 Å². The van der Waals surface area contributed by atoms with Crippen molar-refractivity contribution in [3.8, 4) is 0 Å². The second-order valence-electron chi connectivity index (χ2n) is 0.554. The standard InChI is InChI=1S/C4H5Cl.Mg.2H/c1-2-3-4-5;;;/h2-4H,1H2;;;. The summed E-state index contributed by atoms with van der Waals surface area (Å²) in [6.45, 7) is 3.38. The van der Waals surface area contributed by atoms with Crippen LogP contribution in [0.3, 0.4) is 0 Å². The van der Waals surface area contributed by atoms with Gasteiger partial charge in [0.15, 0.2) is 0 Å². The Morgan fingerprint density at radius 1 is 1.50 bits per heavy atom. The van der Waals surface area contributed by atoms with Gasteiger partial charge in [0.25, 0.3) is 0 Å². The molecule has 0 saturated heterocycles. The van der Waals surface area contributed by atoms with Crippen LogP contribution in [0.15, 0.2) is 24.3 Å². The van der Waals surface area contributed by atoms with Gasteiger partial charge in [0.1, 0.15) is 0 Å². The minimum absolute atomic E-state index is 0. The first-order chi connectivity index (χ1) is 2.41. The van der Waals surface area contributed by atoms with Crippen LogP contribution in [0.25, 0.3) is 0 Å². The molecule has 0 radical (unpaired) electrons. The molecule has 0 aromatic carbocycles. The maximum Gasteiger partial charge on any atom is 0.316 e. The molecule has 0 aliphatic heterocycles. The average Bonchev–Trinajstić information content (AvgIpc) is 1.41. The van der Waals surface area contributed by atoms with E-state index in [9.17, 15) is 0 Å². The van der Waals surface area contributed by atoms with Crippen molar-refractivity contribution in [1.29, 1.82) is 0 Å². The van der Waals surface area contributed by atoms with Crippen LogP contribution in [0, 0.1) is 0 Å². The highest BCUT2D eigenvalue weighted by molar-refractivity contribution is 6.25. The molecule has 32 valence electrons. The van der Waals surface area contributed by atoms with E-state index >= 15 is 0 Å². The monoisotopic (exact) mass is 114 g/mol. The Balaban J connectivity index is 0. The third-order valence-corrected chi connectivity index (χ3v) is 0.354. The molecule has 0 nitrogen and oxygen atoms in total. The summed E-state index contributed by atoms with van der Waals surface area (Å²) >= 11 is 5.05. The first kappa shape index (κ1) is 9.74. The topological polar surface area (TPSA) is 0 Å². The fraction of sp³-hybridized carbons (Fsp3) is 0. The van der Waals surface area contributed by atoms with Gasteiger partial charge in [0.05, 0.1) is 0 Å². The lowest BCUT2D eigenvalue weighted by molar-refractivity contribution is 2.11. The van der Waals surface area contributed by atoms with Crippen molar-refractivity contribution in [3.63, 3.8) is 0 Å². The number of hydrogen-bond donors (Lipinski definition) is 0. The summed E-state index contributed by atoms with van der Waals surface area (Å²) in [6.07, 6.45) is 3.27. The van der Waals surface area contributed by atoms with E-state index in [0.717, 1.165) is 0 Å².